The van der Waals surface area contributed by atoms with Gasteiger partial charge in [-0.1, -0.05) is 43.3 Å². The first-order valence-corrected chi connectivity index (χ1v) is 6.42. The quantitative estimate of drug-likeness (QED) is 0.803. The van der Waals surface area contributed by atoms with Crippen LogP contribution < -0.4 is 5.32 Å². The van der Waals surface area contributed by atoms with Crippen LogP contribution in [0.3, 0.4) is 0 Å². The van der Waals surface area contributed by atoms with Gasteiger partial charge < -0.3 is 10.4 Å². The fourth-order valence-electron chi connectivity index (χ4n) is 2.33. The highest BCUT2D eigenvalue weighted by Crippen LogP contribution is 2.25. The van der Waals surface area contributed by atoms with Gasteiger partial charge in [0.15, 0.2) is 0 Å². The summed E-state index contributed by atoms with van der Waals surface area (Å²) < 4.78 is 0. The van der Waals surface area contributed by atoms with Gasteiger partial charge in [0.1, 0.15) is 0 Å². The first-order valence-electron chi connectivity index (χ1n) is 6.42. The van der Waals surface area contributed by atoms with Crippen LogP contribution in [0.4, 0.5) is 0 Å². The van der Waals surface area contributed by atoms with E-state index in [1.807, 2.05) is 30.5 Å². The van der Waals surface area contributed by atoms with Crippen molar-refractivity contribution >= 4 is 6.21 Å². The zero-order chi connectivity index (χ0) is 12.8. The monoisotopic (exact) mass is 244 g/mol. The molecule has 3 nitrogen and oxygen atoms in total. The van der Waals surface area contributed by atoms with Crippen molar-refractivity contribution in [1.82, 2.24) is 5.32 Å². The first kappa shape index (κ1) is 13.0. The summed E-state index contributed by atoms with van der Waals surface area (Å²) >= 11 is 0. The summed E-state index contributed by atoms with van der Waals surface area (Å²) in [7, 11) is 0. The zero-order valence-corrected chi connectivity index (χ0v) is 10.7. The minimum Gasteiger partial charge on any atom is -0.395 e. The van der Waals surface area contributed by atoms with Gasteiger partial charge in [-0.15, -0.1) is 0 Å². The summed E-state index contributed by atoms with van der Waals surface area (Å²) in [4.78, 5) is 4.51. The molecule has 0 amide bonds. The molecule has 0 aromatic heterocycles. The molecule has 0 spiro atoms. The molecule has 1 aliphatic rings. The number of aliphatic hydroxyl groups is 1. The van der Waals surface area contributed by atoms with Gasteiger partial charge in [-0.25, -0.2) is 0 Å². The van der Waals surface area contributed by atoms with Gasteiger partial charge in [-0.2, -0.15) is 0 Å². The Balaban J connectivity index is 2.02. The van der Waals surface area contributed by atoms with Gasteiger partial charge in [0, 0.05) is 12.8 Å². The lowest BCUT2D eigenvalue weighted by Gasteiger charge is -2.32. The molecule has 2 rings (SSSR count). The second-order valence-corrected chi connectivity index (χ2v) is 4.58. The number of nitrogens with zero attached hydrogens (tertiary/aromatic N) is 1. The van der Waals surface area contributed by atoms with Crippen molar-refractivity contribution in [3.8, 4) is 0 Å². The highest BCUT2D eigenvalue weighted by atomic mass is 16.3. The van der Waals surface area contributed by atoms with Crippen molar-refractivity contribution in [3.63, 3.8) is 0 Å². The summed E-state index contributed by atoms with van der Waals surface area (Å²) in [6.07, 6.45) is 6.73. The van der Waals surface area contributed by atoms with Gasteiger partial charge in [0.25, 0.3) is 0 Å². The fraction of sp³-hybridized carbons (Fsp3) is 0.400. The smallest absolute Gasteiger partial charge is 0.0963 e. The van der Waals surface area contributed by atoms with Crippen LogP contribution in [0.1, 0.15) is 18.9 Å². The molecule has 0 saturated carbocycles. The van der Waals surface area contributed by atoms with Crippen LogP contribution in [0.25, 0.3) is 0 Å². The van der Waals surface area contributed by atoms with E-state index in [1.165, 1.54) is 5.56 Å². The molecule has 96 valence electrons. The lowest BCUT2D eigenvalue weighted by atomic mass is 9.88. The second kappa shape index (κ2) is 5.94. The van der Waals surface area contributed by atoms with E-state index >= 15 is 0 Å². The van der Waals surface area contributed by atoms with E-state index < -0.39 is 0 Å². The number of aliphatic hydroxyl groups excluding tert-OH is 1. The normalized spacial score (nSPS) is 23.4. The van der Waals surface area contributed by atoms with Crippen LogP contribution in [0.5, 0.6) is 0 Å². The lowest BCUT2D eigenvalue weighted by molar-refractivity contribution is 0.196. The molecule has 1 aromatic carbocycles. The Morgan fingerprint density at radius 3 is 2.67 bits per heavy atom. The molecular formula is C15H20N2O. The minimum atomic E-state index is -0.288. The molecule has 0 saturated heterocycles. The van der Waals surface area contributed by atoms with E-state index in [9.17, 15) is 5.11 Å². The average Bonchev–Trinajstić information content (AvgIpc) is 2.91. The van der Waals surface area contributed by atoms with Crippen molar-refractivity contribution < 1.29 is 5.11 Å². The van der Waals surface area contributed by atoms with Gasteiger partial charge in [0.05, 0.1) is 18.2 Å². The molecule has 3 heteroatoms. The SMILES string of the molecule is CCC1(C(CO)NCc2ccccc2)C=CC=N1. The number of benzene rings is 1. The third-order valence-corrected chi connectivity index (χ3v) is 3.53. The van der Waals surface area contributed by atoms with Crippen molar-refractivity contribution in [2.75, 3.05) is 6.61 Å². The molecule has 1 aromatic rings. The van der Waals surface area contributed by atoms with E-state index in [-0.39, 0.29) is 18.2 Å². The zero-order valence-electron chi connectivity index (χ0n) is 10.7. The fourth-order valence-corrected chi connectivity index (χ4v) is 2.33. The first-order chi connectivity index (χ1) is 8.80. The maximum absolute atomic E-state index is 9.59. The Morgan fingerprint density at radius 2 is 2.11 bits per heavy atom. The van der Waals surface area contributed by atoms with Crippen molar-refractivity contribution in [1.29, 1.82) is 0 Å². The lowest BCUT2D eigenvalue weighted by Crippen LogP contribution is -2.49. The largest absolute Gasteiger partial charge is 0.395 e. The molecule has 0 bridgehead atoms. The standard InChI is InChI=1S/C15H20N2O/c1-2-15(9-6-10-17-15)14(12-18)16-11-13-7-4-3-5-8-13/h3-10,14,16,18H,2,11-12H2,1H3. The average molecular weight is 244 g/mol. The Bertz CT molecular complexity index is 413. The second-order valence-electron chi connectivity index (χ2n) is 4.58. The molecule has 0 aliphatic carbocycles. The number of hydrogen-bond acceptors (Lipinski definition) is 3. The Morgan fingerprint density at radius 1 is 1.33 bits per heavy atom. The highest BCUT2D eigenvalue weighted by molar-refractivity contribution is 5.75. The van der Waals surface area contributed by atoms with E-state index in [1.54, 1.807) is 0 Å². The predicted molar refractivity (Wildman–Crippen MR) is 74.8 cm³/mol. The van der Waals surface area contributed by atoms with Gasteiger partial charge in [-0.05, 0) is 18.1 Å². The van der Waals surface area contributed by atoms with E-state index in [0.717, 1.165) is 13.0 Å². The van der Waals surface area contributed by atoms with Crippen LogP contribution in [0.15, 0.2) is 47.5 Å². The van der Waals surface area contributed by atoms with Gasteiger partial charge in [-0.3, -0.25) is 4.99 Å². The third kappa shape index (κ3) is 2.68. The van der Waals surface area contributed by atoms with Crippen LogP contribution >= 0.6 is 0 Å². The predicted octanol–water partition coefficient (Wildman–Crippen LogP) is 1.93. The maximum Gasteiger partial charge on any atom is 0.0963 e. The van der Waals surface area contributed by atoms with Gasteiger partial charge >= 0.3 is 0 Å². The van der Waals surface area contributed by atoms with E-state index in [2.05, 4.69) is 35.4 Å². The topological polar surface area (TPSA) is 44.6 Å². The maximum atomic E-state index is 9.59. The third-order valence-electron chi connectivity index (χ3n) is 3.53. The number of nitrogens with one attached hydrogen (secondary N) is 1. The van der Waals surface area contributed by atoms with Crippen molar-refractivity contribution in [2.45, 2.75) is 31.5 Å². The molecule has 2 atom stereocenters. The Hall–Kier alpha value is -1.45. The van der Waals surface area contributed by atoms with Crippen LogP contribution in [0.2, 0.25) is 0 Å². The minimum absolute atomic E-state index is 0.0438. The van der Waals surface area contributed by atoms with Crippen LogP contribution in [0, 0.1) is 0 Å². The van der Waals surface area contributed by atoms with E-state index in [0.29, 0.717) is 0 Å². The molecule has 1 aliphatic heterocycles. The molecular weight excluding hydrogens is 224 g/mol. The number of allylic oxidation sites excluding steroid dienone is 1. The summed E-state index contributed by atoms with van der Waals surface area (Å²) in [6.45, 7) is 2.93. The highest BCUT2D eigenvalue weighted by Gasteiger charge is 2.34. The summed E-state index contributed by atoms with van der Waals surface area (Å²) in [5.74, 6) is 0. The summed E-state index contributed by atoms with van der Waals surface area (Å²) in [5.41, 5.74) is 0.928. The van der Waals surface area contributed by atoms with Crippen LogP contribution in [-0.2, 0) is 6.54 Å². The van der Waals surface area contributed by atoms with Crippen molar-refractivity contribution in [3.05, 3.63) is 48.0 Å². The van der Waals surface area contributed by atoms with Gasteiger partial charge in [0.2, 0.25) is 0 Å². The molecule has 0 radical (unpaired) electrons. The number of rotatable bonds is 6. The van der Waals surface area contributed by atoms with Crippen LogP contribution in [-0.4, -0.2) is 29.5 Å². The Labute approximate surface area is 108 Å². The van der Waals surface area contributed by atoms with Crippen molar-refractivity contribution in [2.24, 2.45) is 4.99 Å². The molecule has 0 fully saturated rings. The Kier molecular flexibility index (Phi) is 4.28. The molecule has 1 heterocycles. The summed E-state index contributed by atoms with van der Waals surface area (Å²) in [6, 6.07) is 10.2. The molecule has 2 N–H and O–H groups in total. The number of aliphatic imine (C=N–C) groups is 1. The molecule has 2 unspecified atom stereocenters. The number of hydrogen-bond donors (Lipinski definition) is 2. The molecule has 18 heavy (non-hydrogen) atoms. The van der Waals surface area contributed by atoms with E-state index in [4.69, 9.17) is 0 Å². The summed E-state index contributed by atoms with van der Waals surface area (Å²) in [5, 5.41) is 13.0.